The summed E-state index contributed by atoms with van der Waals surface area (Å²) in [5, 5.41) is 3.26. The van der Waals surface area contributed by atoms with Crippen LogP contribution in [0.3, 0.4) is 0 Å². The maximum atomic E-state index is 5.47. The minimum absolute atomic E-state index is 0.705. The van der Waals surface area contributed by atoms with Crippen LogP contribution in [0.5, 0.6) is 11.5 Å². The molecule has 0 fully saturated rings. The highest BCUT2D eigenvalue weighted by molar-refractivity contribution is 7.18. The summed E-state index contributed by atoms with van der Waals surface area (Å²) in [6.07, 6.45) is 4.70. The Balaban J connectivity index is 1.93. The van der Waals surface area contributed by atoms with Crippen LogP contribution in [0.1, 0.15) is 11.9 Å². The van der Waals surface area contributed by atoms with Crippen molar-refractivity contribution in [2.45, 2.75) is 13.3 Å². The molecule has 0 aliphatic heterocycles. The third kappa shape index (κ3) is 2.70. The van der Waals surface area contributed by atoms with Crippen molar-refractivity contribution in [1.29, 1.82) is 0 Å². The van der Waals surface area contributed by atoms with E-state index in [1.54, 1.807) is 25.6 Å². The van der Waals surface area contributed by atoms with Gasteiger partial charge in [0, 0.05) is 23.3 Å². The maximum absolute atomic E-state index is 5.47. The molecule has 2 aromatic heterocycles. The van der Waals surface area contributed by atoms with E-state index in [1.165, 1.54) is 4.70 Å². The van der Waals surface area contributed by atoms with Gasteiger partial charge in [0.1, 0.15) is 0 Å². The smallest absolute Gasteiger partial charge is 0.161 e. The highest BCUT2D eigenvalue weighted by Crippen LogP contribution is 2.37. The van der Waals surface area contributed by atoms with E-state index in [-0.39, 0.29) is 0 Å². The van der Waals surface area contributed by atoms with E-state index in [9.17, 15) is 0 Å². The van der Waals surface area contributed by atoms with Gasteiger partial charge in [0.15, 0.2) is 11.5 Å². The highest BCUT2D eigenvalue weighted by Gasteiger charge is 2.12. The molecule has 4 rings (SSSR count). The summed E-state index contributed by atoms with van der Waals surface area (Å²) in [5.74, 6) is 1.42. The van der Waals surface area contributed by atoms with Crippen molar-refractivity contribution in [3.05, 3.63) is 47.7 Å². The van der Waals surface area contributed by atoms with Gasteiger partial charge in [-0.1, -0.05) is 13.0 Å². The van der Waals surface area contributed by atoms with Gasteiger partial charge in [-0.05, 0) is 41.6 Å². The van der Waals surface area contributed by atoms with Crippen LogP contribution in [0.2, 0.25) is 0 Å². The number of hydrogen-bond acceptors (Lipinski definition) is 5. The minimum atomic E-state index is 0.705. The number of pyridine rings is 1. The molecule has 0 atom stereocenters. The second-order valence-electron chi connectivity index (χ2n) is 5.76. The fourth-order valence-electron chi connectivity index (χ4n) is 3.02. The standard InChI is InChI=1S/C20H18N2O2S/c1-4-20-22-16-7-12(5-6-19(16)25-20)15-11-21-10-13-8-17(23-2)18(24-3)9-14(13)15/h5-11H,4H2,1-3H3. The van der Waals surface area contributed by atoms with E-state index in [2.05, 4.69) is 30.1 Å². The minimum Gasteiger partial charge on any atom is -0.493 e. The van der Waals surface area contributed by atoms with Gasteiger partial charge in [0.25, 0.3) is 0 Å². The van der Waals surface area contributed by atoms with Crippen molar-refractivity contribution in [2.75, 3.05) is 14.2 Å². The summed E-state index contributed by atoms with van der Waals surface area (Å²) in [6, 6.07) is 10.4. The Kier molecular flexibility index (Phi) is 4.01. The zero-order valence-electron chi connectivity index (χ0n) is 14.4. The van der Waals surface area contributed by atoms with Gasteiger partial charge in [-0.3, -0.25) is 4.98 Å². The lowest BCUT2D eigenvalue weighted by molar-refractivity contribution is 0.356. The number of thiazole rings is 1. The number of benzene rings is 2. The number of aromatic nitrogens is 2. The van der Waals surface area contributed by atoms with Crippen molar-refractivity contribution in [3.8, 4) is 22.6 Å². The predicted molar refractivity (Wildman–Crippen MR) is 103 cm³/mol. The number of aryl methyl sites for hydroxylation is 1. The Bertz CT molecular complexity index is 1070. The second-order valence-corrected chi connectivity index (χ2v) is 6.87. The molecule has 0 radical (unpaired) electrons. The van der Waals surface area contributed by atoms with Gasteiger partial charge in [-0.2, -0.15) is 0 Å². The van der Waals surface area contributed by atoms with E-state index in [1.807, 2.05) is 24.5 Å². The van der Waals surface area contributed by atoms with Crippen LogP contribution in [-0.4, -0.2) is 24.2 Å². The lowest BCUT2D eigenvalue weighted by Crippen LogP contribution is -1.92. The molecule has 0 unspecified atom stereocenters. The monoisotopic (exact) mass is 350 g/mol. The number of rotatable bonds is 4. The van der Waals surface area contributed by atoms with Gasteiger partial charge in [-0.15, -0.1) is 11.3 Å². The van der Waals surface area contributed by atoms with E-state index < -0.39 is 0 Å². The van der Waals surface area contributed by atoms with Gasteiger partial charge >= 0.3 is 0 Å². The summed E-state index contributed by atoms with van der Waals surface area (Å²) in [4.78, 5) is 9.12. The van der Waals surface area contributed by atoms with E-state index in [0.717, 1.165) is 38.8 Å². The van der Waals surface area contributed by atoms with E-state index in [0.29, 0.717) is 11.5 Å². The summed E-state index contributed by atoms with van der Waals surface area (Å²) in [7, 11) is 3.29. The van der Waals surface area contributed by atoms with Crippen molar-refractivity contribution < 1.29 is 9.47 Å². The Labute approximate surface area is 150 Å². The summed E-state index contributed by atoms with van der Waals surface area (Å²) in [5.41, 5.74) is 3.20. The first-order valence-electron chi connectivity index (χ1n) is 8.13. The molecule has 0 N–H and O–H groups in total. The molecule has 0 amide bonds. The molecular weight excluding hydrogens is 332 g/mol. The number of hydrogen-bond donors (Lipinski definition) is 0. The van der Waals surface area contributed by atoms with Crippen LogP contribution in [0.15, 0.2) is 42.7 Å². The SMILES string of the molecule is CCc1nc2cc(-c3cncc4cc(OC)c(OC)cc34)ccc2s1. The molecule has 0 bridgehead atoms. The zero-order valence-corrected chi connectivity index (χ0v) is 15.2. The van der Waals surface area contributed by atoms with Gasteiger partial charge < -0.3 is 9.47 Å². The molecule has 0 spiro atoms. The maximum Gasteiger partial charge on any atom is 0.161 e. The molecule has 4 nitrogen and oxygen atoms in total. The topological polar surface area (TPSA) is 44.2 Å². The number of nitrogens with zero attached hydrogens (tertiary/aromatic N) is 2. The normalized spacial score (nSPS) is 11.2. The van der Waals surface area contributed by atoms with Crippen molar-refractivity contribution >= 4 is 32.3 Å². The summed E-state index contributed by atoms with van der Waals surface area (Å²) < 4.78 is 12.1. The molecule has 0 aliphatic carbocycles. The molecule has 0 aliphatic rings. The number of ether oxygens (including phenoxy) is 2. The Morgan fingerprint density at radius 2 is 1.80 bits per heavy atom. The molecule has 0 saturated heterocycles. The molecule has 25 heavy (non-hydrogen) atoms. The first-order chi connectivity index (χ1) is 12.2. The average molecular weight is 350 g/mol. The Morgan fingerprint density at radius 1 is 1.00 bits per heavy atom. The lowest BCUT2D eigenvalue weighted by atomic mass is 10.0. The molecule has 4 aromatic rings. The first kappa shape index (κ1) is 15.8. The predicted octanol–water partition coefficient (Wildman–Crippen LogP) is 5.09. The van der Waals surface area contributed by atoms with Gasteiger partial charge in [0.2, 0.25) is 0 Å². The third-order valence-corrected chi connectivity index (χ3v) is 5.49. The van der Waals surface area contributed by atoms with E-state index >= 15 is 0 Å². The molecule has 0 saturated carbocycles. The lowest BCUT2D eigenvalue weighted by Gasteiger charge is -2.12. The van der Waals surface area contributed by atoms with Gasteiger partial charge in [0.05, 0.1) is 29.4 Å². The van der Waals surface area contributed by atoms with Crippen molar-refractivity contribution in [1.82, 2.24) is 9.97 Å². The fraction of sp³-hybridized carbons (Fsp3) is 0.200. The van der Waals surface area contributed by atoms with Crippen LogP contribution < -0.4 is 9.47 Å². The summed E-state index contributed by atoms with van der Waals surface area (Å²) >= 11 is 1.75. The Morgan fingerprint density at radius 3 is 2.56 bits per heavy atom. The van der Waals surface area contributed by atoms with Crippen LogP contribution in [0.25, 0.3) is 32.1 Å². The van der Waals surface area contributed by atoms with Crippen LogP contribution in [0, 0.1) is 0 Å². The molecular formula is C20H18N2O2S. The second kappa shape index (κ2) is 6.33. The van der Waals surface area contributed by atoms with E-state index in [4.69, 9.17) is 14.5 Å². The van der Waals surface area contributed by atoms with Crippen LogP contribution in [0.4, 0.5) is 0 Å². The molecule has 2 aromatic carbocycles. The van der Waals surface area contributed by atoms with Gasteiger partial charge in [-0.25, -0.2) is 4.98 Å². The first-order valence-corrected chi connectivity index (χ1v) is 8.94. The highest BCUT2D eigenvalue weighted by atomic mass is 32.1. The van der Waals surface area contributed by atoms with Crippen molar-refractivity contribution in [2.24, 2.45) is 0 Å². The summed E-state index contributed by atoms with van der Waals surface area (Å²) in [6.45, 7) is 2.13. The van der Waals surface area contributed by atoms with Crippen molar-refractivity contribution in [3.63, 3.8) is 0 Å². The number of methoxy groups -OCH3 is 2. The number of fused-ring (bicyclic) bond motifs is 2. The molecule has 5 heteroatoms. The average Bonchev–Trinajstić information content (AvgIpc) is 3.08. The third-order valence-electron chi connectivity index (χ3n) is 4.31. The Hall–Kier alpha value is -2.66. The van der Waals surface area contributed by atoms with Crippen LogP contribution in [-0.2, 0) is 6.42 Å². The molecule has 2 heterocycles. The zero-order chi connectivity index (χ0) is 17.4. The molecule has 126 valence electrons. The fourth-order valence-corrected chi connectivity index (χ4v) is 3.91. The quantitative estimate of drug-likeness (QED) is 0.514. The van der Waals surface area contributed by atoms with Crippen LogP contribution >= 0.6 is 11.3 Å². The largest absolute Gasteiger partial charge is 0.493 e.